The van der Waals surface area contributed by atoms with Gasteiger partial charge in [-0.15, -0.1) is 0 Å². The van der Waals surface area contributed by atoms with Gasteiger partial charge in [-0.2, -0.15) is 0 Å². The Morgan fingerprint density at radius 3 is 1.76 bits per heavy atom. The Kier molecular flexibility index (Phi) is 5.34. The van der Waals surface area contributed by atoms with Crippen LogP contribution < -0.4 is 0 Å². The maximum Gasteiger partial charge on any atom is 0.00314 e. The van der Waals surface area contributed by atoms with E-state index >= 15 is 0 Å². The molecule has 0 aliphatic heterocycles. The van der Waals surface area contributed by atoms with Gasteiger partial charge in [-0.1, -0.05) is 50.8 Å². The van der Waals surface area contributed by atoms with Crippen molar-refractivity contribution in [1.29, 1.82) is 0 Å². The summed E-state index contributed by atoms with van der Waals surface area (Å²) >= 11 is 0. The number of rotatable bonds is 3. The molecule has 1 heteroatoms. The zero-order valence-corrected chi connectivity index (χ0v) is 13.8. The lowest BCUT2D eigenvalue weighted by Crippen LogP contribution is -2.14. The summed E-state index contributed by atoms with van der Waals surface area (Å²) in [6, 6.07) is 1.54. The summed E-state index contributed by atoms with van der Waals surface area (Å²) in [5.41, 5.74) is 0. The fourth-order valence-corrected chi connectivity index (χ4v) is 4.40. The van der Waals surface area contributed by atoms with Gasteiger partial charge in [-0.05, 0) is 49.4 Å². The molecule has 0 atom stereocenters. The van der Waals surface area contributed by atoms with E-state index in [1.807, 2.05) is 0 Å². The second-order valence-corrected chi connectivity index (χ2v) is 7.41. The Labute approximate surface area is 111 Å². The van der Waals surface area contributed by atoms with Crippen LogP contribution in [0.5, 0.6) is 0 Å². The maximum absolute atomic E-state index is 2.59. The van der Waals surface area contributed by atoms with E-state index in [0.29, 0.717) is 0 Å². The van der Waals surface area contributed by atoms with Crippen molar-refractivity contribution < 1.29 is 0 Å². The number of hydrogen-bond acceptors (Lipinski definition) is 0. The van der Waals surface area contributed by atoms with Crippen LogP contribution in [-0.4, -0.2) is 10.2 Å². The van der Waals surface area contributed by atoms with E-state index in [1.54, 1.807) is 0 Å². The van der Waals surface area contributed by atoms with Crippen LogP contribution in [0.1, 0.15) is 58.3 Å². The highest BCUT2D eigenvalue weighted by Crippen LogP contribution is 2.33. The van der Waals surface area contributed by atoms with Crippen LogP contribution in [0, 0.1) is 23.7 Å². The molecule has 0 heterocycles. The summed E-state index contributed by atoms with van der Waals surface area (Å²) in [5.74, 6) is 3.94. The third kappa shape index (κ3) is 4.28. The lowest BCUT2D eigenvalue weighted by atomic mass is 9.80. The molecule has 0 aromatic heterocycles. The molecule has 2 saturated carbocycles. The molecule has 0 saturated heterocycles. The normalized spacial score (nSPS) is 39.8. The maximum atomic E-state index is 2.59. The molecule has 0 unspecified atom stereocenters. The van der Waals surface area contributed by atoms with Crippen molar-refractivity contribution in [1.82, 2.24) is 0 Å². The average molecular weight is 251 g/mol. The minimum absolute atomic E-state index is 0.919. The van der Waals surface area contributed by atoms with E-state index in [4.69, 9.17) is 0 Å². The second kappa shape index (κ2) is 6.77. The van der Waals surface area contributed by atoms with Crippen LogP contribution in [0.3, 0.4) is 0 Å². The second-order valence-electron chi connectivity index (χ2n) is 6.59. The summed E-state index contributed by atoms with van der Waals surface area (Å²) in [7, 11) is 1.41. The molecule has 0 aromatic carbocycles. The lowest BCUT2D eigenvalue weighted by molar-refractivity contribution is 0.318. The van der Waals surface area contributed by atoms with E-state index in [2.05, 4.69) is 19.1 Å². The molecular formula is C16H30Si. The molecule has 98 valence electrons. The van der Waals surface area contributed by atoms with Crippen LogP contribution in [0.4, 0.5) is 0 Å². The standard InChI is InChI=1S/C16H30Si/c1-13-2-4-14(5-3-13)6-7-15-8-10-16(12-17)11-9-15/h6-7,13-16H,2-5,8-12H2,1,17H3/b7-6+. The smallest absolute Gasteiger partial charge is 0.00314 e. The van der Waals surface area contributed by atoms with Gasteiger partial charge < -0.3 is 0 Å². The predicted octanol–water partition coefficient (Wildman–Crippen LogP) is 3.96. The summed E-state index contributed by atoms with van der Waals surface area (Å²) in [6.07, 6.45) is 17.0. The molecule has 2 fully saturated rings. The Hall–Kier alpha value is -0.0431. The SMILES string of the molecule is CC1CCC(/C=C/C2CCC(C[SiH3])CC2)CC1. The third-order valence-electron chi connectivity index (χ3n) is 5.18. The highest BCUT2D eigenvalue weighted by molar-refractivity contribution is 6.08. The van der Waals surface area contributed by atoms with Crippen molar-refractivity contribution >= 4 is 10.2 Å². The van der Waals surface area contributed by atoms with Crippen LogP contribution in [0.25, 0.3) is 0 Å². The van der Waals surface area contributed by atoms with Gasteiger partial charge in [0.05, 0.1) is 0 Å². The van der Waals surface area contributed by atoms with Gasteiger partial charge in [0.2, 0.25) is 0 Å². The molecule has 0 aromatic rings. The number of hydrogen-bond donors (Lipinski definition) is 0. The van der Waals surface area contributed by atoms with Gasteiger partial charge in [0.1, 0.15) is 0 Å². The van der Waals surface area contributed by atoms with Gasteiger partial charge in [0, 0.05) is 10.2 Å². The topological polar surface area (TPSA) is 0 Å². The van der Waals surface area contributed by atoms with E-state index < -0.39 is 0 Å². The summed E-state index contributed by atoms with van der Waals surface area (Å²) in [6.45, 7) is 2.41. The molecule has 2 aliphatic carbocycles. The fourth-order valence-electron chi connectivity index (χ4n) is 3.58. The van der Waals surface area contributed by atoms with Crippen LogP contribution in [-0.2, 0) is 0 Å². The fraction of sp³-hybridized carbons (Fsp3) is 0.875. The molecule has 0 nitrogen and oxygen atoms in total. The first-order valence-electron chi connectivity index (χ1n) is 7.96. The van der Waals surface area contributed by atoms with Crippen LogP contribution in [0.2, 0.25) is 6.04 Å². The van der Waals surface area contributed by atoms with Gasteiger partial charge in [0.15, 0.2) is 0 Å². The lowest BCUT2D eigenvalue weighted by Gasteiger charge is -2.27. The van der Waals surface area contributed by atoms with Crippen molar-refractivity contribution in [2.24, 2.45) is 23.7 Å². The Bertz CT molecular complexity index is 230. The third-order valence-corrected chi connectivity index (χ3v) is 6.34. The molecule has 0 amide bonds. The molecule has 0 spiro atoms. The minimum atomic E-state index is 0.919. The summed E-state index contributed by atoms with van der Waals surface area (Å²) in [4.78, 5) is 0. The highest BCUT2D eigenvalue weighted by atomic mass is 28.1. The van der Waals surface area contributed by atoms with Gasteiger partial charge in [-0.3, -0.25) is 0 Å². The first-order chi connectivity index (χ1) is 8.28. The van der Waals surface area contributed by atoms with E-state index in [-0.39, 0.29) is 0 Å². The summed E-state index contributed by atoms with van der Waals surface area (Å²) in [5, 5.41) is 0. The molecule has 17 heavy (non-hydrogen) atoms. The van der Waals surface area contributed by atoms with Crippen LogP contribution in [0.15, 0.2) is 12.2 Å². The molecule has 2 rings (SSSR count). The largest absolute Gasteiger partial charge is 0.0851 e. The summed E-state index contributed by atoms with van der Waals surface area (Å²) < 4.78 is 0. The van der Waals surface area contributed by atoms with Crippen molar-refractivity contribution in [3.8, 4) is 0 Å². The van der Waals surface area contributed by atoms with E-state index in [9.17, 15) is 0 Å². The molecular weight excluding hydrogens is 220 g/mol. The Morgan fingerprint density at radius 1 is 0.824 bits per heavy atom. The molecule has 2 aliphatic rings. The Balaban J connectivity index is 1.70. The number of allylic oxidation sites excluding steroid dienone is 2. The quantitative estimate of drug-likeness (QED) is 0.525. The Morgan fingerprint density at radius 2 is 1.29 bits per heavy atom. The highest BCUT2D eigenvalue weighted by Gasteiger charge is 2.19. The molecule has 0 radical (unpaired) electrons. The average Bonchev–Trinajstić information content (AvgIpc) is 2.39. The van der Waals surface area contributed by atoms with Crippen molar-refractivity contribution in [2.75, 3.05) is 0 Å². The first kappa shape index (κ1) is 13.4. The monoisotopic (exact) mass is 250 g/mol. The zero-order valence-electron chi connectivity index (χ0n) is 11.8. The van der Waals surface area contributed by atoms with E-state index in [1.165, 1.54) is 67.7 Å². The zero-order chi connectivity index (χ0) is 12.1. The van der Waals surface area contributed by atoms with E-state index in [0.717, 1.165) is 23.7 Å². The van der Waals surface area contributed by atoms with Crippen molar-refractivity contribution in [3.63, 3.8) is 0 Å². The van der Waals surface area contributed by atoms with Crippen molar-refractivity contribution in [2.45, 2.75) is 64.3 Å². The van der Waals surface area contributed by atoms with Gasteiger partial charge >= 0.3 is 0 Å². The predicted molar refractivity (Wildman–Crippen MR) is 80.5 cm³/mol. The van der Waals surface area contributed by atoms with Gasteiger partial charge in [0.25, 0.3) is 0 Å². The molecule has 0 N–H and O–H groups in total. The van der Waals surface area contributed by atoms with Crippen LogP contribution >= 0.6 is 0 Å². The minimum Gasteiger partial charge on any atom is -0.0851 e. The first-order valence-corrected chi connectivity index (χ1v) is 9.37. The van der Waals surface area contributed by atoms with Crippen molar-refractivity contribution in [3.05, 3.63) is 12.2 Å². The molecule has 0 bridgehead atoms. The van der Waals surface area contributed by atoms with Gasteiger partial charge in [-0.25, -0.2) is 0 Å².